The van der Waals surface area contributed by atoms with Crippen LogP contribution in [-0.4, -0.2) is 29.4 Å². The average Bonchev–Trinajstić information content (AvgIpc) is 3.36. The summed E-state index contributed by atoms with van der Waals surface area (Å²) in [7, 11) is 0. The van der Waals surface area contributed by atoms with Crippen molar-refractivity contribution in [2.45, 2.75) is 52.7 Å². The molecule has 0 unspecified atom stereocenters. The fraction of sp³-hybridized carbons (Fsp3) is 0.364. The number of nitrogens with zero attached hydrogens (tertiary/aromatic N) is 5. The van der Waals surface area contributed by atoms with Gasteiger partial charge in [-0.15, -0.1) is 0 Å². The predicted molar refractivity (Wildman–Crippen MR) is 112 cm³/mol. The van der Waals surface area contributed by atoms with Gasteiger partial charge in [-0.25, -0.2) is 4.52 Å². The zero-order chi connectivity index (χ0) is 21.3. The second kappa shape index (κ2) is 8.23. The molecule has 0 saturated heterocycles. The molecule has 0 radical (unpaired) electrons. The highest BCUT2D eigenvalue weighted by atomic mass is 16.5. The van der Waals surface area contributed by atoms with Crippen molar-refractivity contribution >= 4 is 5.52 Å². The molecule has 3 heterocycles. The van der Waals surface area contributed by atoms with Crippen LogP contribution in [0, 0.1) is 6.92 Å². The highest BCUT2D eigenvalue weighted by Crippen LogP contribution is 2.25. The fourth-order valence-corrected chi connectivity index (χ4v) is 3.66. The number of aliphatic hydroxyl groups is 1. The summed E-state index contributed by atoms with van der Waals surface area (Å²) in [5.41, 5.74) is 3.17. The Morgan fingerprint density at radius 3 is 2.53 bits per heavy atom. The quantitative estimate of drug-likeness (QED) is 0.505. The van der Waals surface area contributed by atoms with Crippen LogP contribution in [0.15, 0.2) is 46.0 Å². The van der Waals surface area contributed by atoms with E-state index in [0.717, 1.165) is 24.0 Å². The number of aromatic nitrogens is 5. The van der Waals surface area contributed by atoms with Crippen LogP contribution in [-0.2, 0) is 13.2 Å². The molecule has 0 aliphatic rings. The van der Waals surface area contributed by atoms with E-state index in [1.807, 2.05) is 31.2 Å². The molecule has 8 heteroatoms. The molecule has 30 heavy (non-hydrogen) atoms. The van der Waals surface area contributed by atoms with Crippen molar-refractivity contribution in [3.05, 3.63) is 69.9 Å². The maximum Gasteiger partial charge on any atom is 0.277 e. The van der Waals surface area contributed by atoms with Crippen LogP contribution in [0.5, 0.6) is 0 Å². The van der Waals surface area contributed by atoms with Gasteiger partial charge in [-0.05, 0) is 19.8 Å². The maximum absolute atomic E-state index is 13.2. The number of rotatable bonds is 7. The lowest BCUT2D eigenvalue weighted by Crippen LogP contribution is -2.23. The molecule has 1 aromatic carbocycles. The van der Waals surface area contributed by atoms with Gasteiger partial charge in [0.2, 0.25) is 5.89 Å². The molecule has 0 atom stereocenters. The van der Waals surface area contributed by atoms with E-state index in [9.17, 15) is 9.90 Å². The van der Waals surface area contributed by atoms with Crippen molar-refractivity contribution in [1.82, 2.24) is 24.3 Å². The van der Waals surface area contributed by atoms with E-state index in [4.69, 9.17) is 4.52 Å². The van der Waals surface area contributed by atoms with Gasteiger partial charge >= 0.3 is 0 Å². The second-order valence-corrected chi connectivity index (χ2v) is 7.44. The van der Waals surface area contributed by atoms with E-state index < -0.39 is 0 Å². The Hall–Kier alpha value is -3.26. The molecular formula is C22H25N5O3. The van der Waals surface area contributed by atoms with Gasteiger partial charge < -0.3 is 14.2 Å². The summed E-state index contributed by atoms with van der Waals surface area (Å²) >= 11 is 0. The van der Waals surface area contributed by atoms with Gasteiger partial charge in [-0.2, -0.15) is 10.1 Å². The standard InChI is InChI=1S/C22H25N5O3/c1-4-15(5-2)21-23-18(25-30-21)12-26-10-11-27-20(22(26)29)17(13-28)19(24-27)16-8-6-14(3)7-9-16/h6-11,15,28H,4-5,12-13H2,1-3H3. The molecule has 3 aromatic heterocycles. The topological polar surface area (TPSA) is 98.5 Å². The zero-order valence-corrected chi connectivity index (χ0v) is 17.4. The molecule has 0 spiro atoms. The maximum atomic E-state index is 13.2. The molecule has 0 aliphatic heterocycles. The van der Waals surface area contributed by atoms with E-state index in [-0.39, 0.29) is 24.6 Å². The smallest absolute Gasteiger partial charge is 0.277 e. The predicted octanol–water partition coefficient (Wildman–Crippen LogP) is 3.30. The molecular weight excluding hydrogens is 382 g/mol. The number of hydrogen-bond acceptors (Lipinski definition) is 6. The van der Waals surface area contributed by atoms with Gasteiger partial charge in [0.1, 0.15) is 5.52 Å². The van der Waals surface area contributed by atoms with Crippen molar-refractivity contribution in [2.75, 3.05) is 0 Å². The van der Waals surface area contributed by atoms with Crippen LogP contribution in [0.3, 0.4) is 0 Å². The van der Waals surface area contributed by atoms with Crippen LogP contribution >= 0.6 is 0 Å². The lowest BCUT2D eigenvalue weighted by molar-refractivity contribution is 0.283. The van der Waals surface area contributed by atoms with Crippen LogP contribution in [0.4, 0.5) is 0 Å². The molecule has 0 saturated carbocycles. The first-order valence-corrected chi connectivity index (χ1v) is 10.2. The summed E-state index contributed by atoms with van der Waals surface area (Å²) in [5, 5.41) is 18.6. The van der Waals surface area contributed by atoms with E-state index >= 15 is 0 Å². The van der Waals surface area contributed by atoms with Crippen molar-refractivity contribution in [3.8, 4) is 11.3 Å². The van der Waals surface area contributed by atoms with Crippen LogP contribution in [0.25, 0.3) is 16.8 Å². The van der Waals surface area contributed by atoms with Crippen molar-refractivity contribution in [2.24, 2.45) is 0 Å². The van der Waals surface area contributed by atoms with Gasteiger partial charge in [-0.3, -0.25) is 4.79 Å². The molecule has 8 nitrogen and oxygen atoms in total. The lowest BCUT2D eigenvalue weighted by atomic mass is 10.0. The highest BCUT2D eigenvalue weighted by Gasteiger charge is 2.19. The van der Waals surface area contributed by atoms with Gasteiger partial charge in [-0.1, -0.05) is 48.8 Å². The molecule has 156 valence electrons. The molecule has 4 aromatic rings. The zero-order valence-electron chi connectivity index (χ0n) is 17.4. The minimum absolute atomic E-state index is 0.189. The molecule has 0 fully saturated rings. The number of benzene rings is 1. The Bertz CT molecular complexity index is 1220. The molecule has 0 aliphatic carbocycles. The minimum Gasteiger partial charge on any atom is -0.392 e. The third-order valence-corrected chi connectivity index (χ3v) is 5.47. The van der Waals surface area contributed by atoms with E-state index in [2.05, 4.69) is 29.1 Å². The summed E-state index contributed by atoms with van der Waals surface area (Å²) < 4.78 is 8.42. The van der Waals surface area contributed by atoms with E-state index in [1.165, 1.54) is 9.08 Å². The van der Waals surface area contributed by atoms with Crippen molar-refractivity contribution in [3.63, 3.8) is 0 Å². The highest BCUT2D eigenvalue weighted by molar-refractivity contribution is 5.72. The third-order valence-electron chi connectivity index (χ3n) is 5.47. The Morgan fingerprint density at radius 2 is 1.87 bits per heavy atom. The SMILES string of the molecule is CCC(CC)c1nc(Cn2ccn3nc(-c4ccc(C)cc4)c(CO)c3c2=O)no1. The monoisotopic (exact) mass is 407 g/mol. The number of hydrogen-bond donors (Lipinski definition) is 1. The normalized spacial score (nSPS) is 11.6. The summed E-state index contributed by atoms with van der Waals surface area (Å²) in [5.74, 6) is 1.27. The first-order valence-electron chi connectivity index (χ1n) is 10.2. The minimum atomic E-state index is -0.285. The summed E-state index contributed by atoms with van der Waals surface area (Å²) in [4.78, 5) is 17.6. The summed E-state index contributed by atoms with van der Waals surface area (Å²) in [6.45, 7) is 6.07. The Morgan fingerprint density at radius 1 is 1.13 bits per heavy atom. The molecule has 1 N–H and O–H groups in total. The van der Waals surface area contributed by atoms with E-state index in [1.54, 1.807) is 12.4 Å². The van der Waals surface area contributed by atoms with Gasteiger partial charge in [0.25, 0.3) is 5.56 Å². The Kier molecular flexibility index (Phi) is 5.50. The van der Waals surface area contributed by atoms with E-state index in [0.29, 0.717) is 28.5 Å². The van der Waals surface area contributed by atoms with Gasteiger partial charge in [0.15, 0.2) is 5.82 Å². The van der Waals surface area contributed by atoms with Crippen LogP contribution < -0.4 is 5.56 Å². The van der Waals surface area contributed by atoms with Crippen molar-refractivity contribution in [1.29, 1.82) is 0 Å². The van der Waals surface area contributed by atoms with Crippen LogP contribution in [0.1, 0.15) is 55.4 Å². The molecule has 0 bridgehead atoms. The third kappa shape index (κ3) is 3.54. The molecule has 4 rings (SSSR count). The second-order valence-electron chi connectivity index (χ2n) is 7.44. The number of fused-ring (bicyclic) bond motifs is 1. The number of aliphatic hydroxyl groups excluding tert-OH is 1. The Balaban J connectivity index is 1.74. The fourth-order valence-electron chi connectivity index (χ4n) is 3.66. The Labute approximate surface area is 173 Å². The van der Waals surface area contributed by atoms with Crippen LogP contribution in [0.2, 0.25) is 0 Å². The first-order chi connectivity index (χ1) is 14.5. The largest absolute Gasteiger partial charge is 0.392 e. The van der Waals surface area contributed by atoms with Crippen molar-refractivity contribution < 1.29 is 9.63 Å². The lowest BCUT2D eigenvalue weighted by Gasteiger charge is -2.05. The molecule has 0 amide bonds. The van der Waals surface area contributed by atoms with Gasteiger partial charge in [0.05, 0.1) is 18.8 Å². The first kappa shape index (κ1) is 20.0. The summed E-state index contributed by atoms with van der Waals surface area (Å²) in [6, 6.07) is 7.83. The summed E-state index contributed by atoms with van der Waals surface area (Å²) in [6.07, 6.45) is 5.19. The number of aryl methyl sites for hydroxylation is 1. The van der Waals surface area contributed by atoms with Gasteiger partial charge in [0, 0.05) is 29.4 Å². The average molecular weight is 407 g/mol.